The van der Waals surface area contributed by atoms with Crippen molar-refractivity contribution < 1.29 is 23.0 Å². The molecule has 3 aromatic rings. The summed E-state index contributed by atoms with van der Waals surface area (Å²) in [6, 6.07) is 12.4. The smallest absolute Gasteiger partial charge is 0.236 e. The molecule has 0 radical (unpaired) electrons. The van der Waals surface area contributed by atoms with Gasteiger partial charge in [-0.25, -0.2) is 18.4 Å². The second-order valence-corrected chi connectivity index (χ2v) is 10.8. The van der Waals surface area contributed by atoms with Gasteiger partial charge >= 0.3 is 0 Å². The van der Waals surface area contributed by atoms with Gasteiger partial charge in [-0.2, -0.15) is 5.26 Å². The first-order valence-electron chi connectivity index (χ1n) is 10.6. The number of hydrogen-bond acceptors (Lipinski definition) is 8. The van der Waals surface area contributed by atoms with Crippen LogP contribution in [0, 0.1) is 11.3 Å². The van der Waals surface area contributed by atoms with E-state index in [1.54, 1.807) is 24.3 Å². The van der Waals surface area contributed by atoms with Crippen molar-refractivity contribution in [2.75, 3.05) is 23.5 Å². The van der Waals surface area contributed by atoms with Gasteiger partial charge in [0, 0.05) is 17.2 Å². The van der Waals surface area contributed by atoms with Gasteiger partial charge in [-0.1, -0.05) is 37.6 Å². The predicted octanol–water partition coefficient (Wildman–Crippen LogP) is 4.60. The fourth-order valence-corrected chi connectivity index (χ4v) is 4.22. The van der Waals surface area contributed by atoms with E-state index in [4.69, 9.17) is 32.7 Å². The van der Waals surface area contributed by atoms with Crippen molar-refractivity contribution in [1.29, 1.82) is 5.26 Å². The first-order valence-corrected chi connectivity index (χ1v) is 13.4. The Bertz CT molecular complexity index is 1390. The van der Waals surface area contributed by atoms with Crippen LogP contribution in [0.3, 0.4) is 0 Å². The summed E-state index contributed by atoms with van der Waals surface area (Å²) in [7, 11) is -3.49. The van der Waals surface area contributed by atoms with Crippen LogP contribution in [-0.2, 0) is 22.0 Å². The van der Waals surface area contributed by atoms with Crippen LogP contribution in [-0.4, -0.2) is 42.2 Å². The van der Waals surface area contributed by atoms with Crippen molar-refractivity contribution in [3.05, 3.63) is 70.0 Å². The van der Waals surface area contributed by atoms with E-state index in [-0.39, 0.29) is 47.1 Å². The summed E-state index contributed by atoms with van der Waals surface area (Å²) in [5.41, 5.74) is 1.01. The highest BCUT2D eigenvalue weighted by Crippen LogP contribution is 2.45. The minimum atomic E-state index is -3.49. The second-order valence-electron chi connectivity index (χ2n) is 8.29. The molecule has 0 amide bonds. The van der Waals surface area contributed by atoms with E-state index in [9.17, 15) is 18.8 Å². The third kappa shape index (κ3) is 6.49. The number of benzene rings is 2. The van der Waals surface area contributed by atoms with Crippen molar-refractivity contribution in [3.8, 4) is 23.3 Å². The Morgan fingerprint density at radius 1 is 1.19 bits per heavy atom. The van der Waals surface area contributed by atoms with Gasteiger partial charge in [0.25, 0.3) is 0 Å². The number of phenols is 1. The van der Waals surface area contributed by atoms with Crippen molar-refractivity contribution in [2.45, 2.75) is 25.9 Å². The normalized spacial score (nSPS) is 11.6. The van der Waals surface area contributed by atoms with E-state index in [0.29, 0.717) is 17.0 Å². The van der Waals surface area contributed by atoms with Crippen LogP contribution in [0.4, 0.5) is 5.95 Å². The molecule has 0 aliphatic carbocycles. The van der Waals surface area contributed by atoms with E-state index in [1.807, 2.05) is 32.0 Å². The number of alkyl halides is 1. The fourth-order valence-electron chi connectivity index (χ4n) is 3.46. The Kier molecular flexibility index (Phi) is 8.51. The third-order valence-electron chi connectivity index (χ3n) is 5.27. The summed E-state index contributed by atoms with van der Waals surface area (Å²) < 4.78 is 36.2. The maximum Gasteiger partial charge on any atom is 0.236 e. The van der Waals surface area contributed by atoms with E-state index in [1.165, 1.54) is 6.20 Å². The number of nitriles is 1. The molecule has 1 aromatic heterocycles. The van der Waals surface area contributed by atoms with Crippen molar-refractivity contribution in [1.82, 2.24) is 9.97 Å². The lowest BCUT2D eigenvalue weighted by atomic mass is 9.77. The molecule has 0 saturated heterocycles. The molecular formula is C24H24Cl2N4O5S. The van der Waals surface area contributed by atoms with Crippen molar-refractivity contribution in [2.24, 2.45) is 0 Å². The zero-order valence-electron chi connectivity index (χ0n) is 19.7. The highest BCUT2D eigenvalue weighted by Gasteiger charge is 2.30. The molecule has 9 nitrogen and oxygen atoms in total. The first-order chi connectivity index (χ1) is 17.0. The molecule has 2 N–H and O–H groups in total. The Hall–Kier alpha value is -3.26. The number of hydrogen-bond donors (Lipinski definition) is 2. The number of nitrogens with one attached hydrogen (secondary N) is 1. The Morgan fingerprint density at radius 2 is 1.89 bits per heavy atom. The molecule has 0 bridgehead atoms. The summed E-state index contributed by atoms with van der Waals surface area (Å²) in [6.45, 7) is 4.03. The third-order valence-corrected chi connectivity index (χ3v) is 6.26. The number of nitrogens with zero attached hydrogens (tertiary/aromatic N) is 3. The van der Waals surface area contributed by atoms with E-state index in [0.717, 1.165) is 11.8 Å². The number of phenolic OH excluding ortho intramolecular Hbond substituents is 1. The average Bonchev–Trinajstić information content (AvgIpc) is 2.82. The number of ether oxygens (including phenoxy) is 2. The van der Waals surface area contributed by atoms with E-state index in [2.05, 4.69) is 14.7 Å². The molecule has 0 aliphatic heterocycles. The van der Waals surface area contributed by atoms with Gasteiger partial charge in [-0.05, 0) is 29.8 Å². The first kappa shape index (κ1) is 27.3. The summed E-state index contributed by atoms with van der Waals surface area (Å²) in [5.74, 6) is 0.611. The molecule has 0 saturated carbocycles. The average molecular weight is 551 g/mol. The molecule has 3 rings (SSSR count). The molecule has 12 heteroatoms. The van der Waals surface area contributed by atoms with Crippen LogP contribution < -0.4 is 14.2 Å². The topological polar surface area (TPSA) is 134 Å². The molecule has 190 valence electrons. The van der Waals surface area contributed by atoms with Crippen molar-refractivity contribution in [3.63, 3.8) is 0 Å². The van der Waals surface area contributed by atoms with Crippen LogP contribution in [0.25, 0.3) is 0 Å². The molecule has 0 aliphatic rings. The lowest BCUT2D eigenvalue weighted by Gasteiger charge is -2.28. The number of sulfonamides is 1. The zero-order chi connectivity index (χ0) is 26.5. The minimum Gasteiger partial charge on any atom is -0.506 e. The predicted molar refractivity (Wildman–Crippen MR) is 137 cm³/mol. The number of halogens is 2. The van der Waals surface area contributed by atoms with Gasteiger partial charge in [0.2, 0.25) is 16.0 Å². The highest BCUT2D eigenvalue weighted by atomic mass is 35.5. The molecule has 2 aromatic carbocycles. The van der Waals surface area contributed by atoms with E-state index < -0.39 is 15.4 Å². The zero-order valence-corrected chi connectivity index (χ0v) is 22.1. The van der Waals surface area contributed by atoms with Gasteiger partial charge in [-0.15, -0.1) is 11.6 Å². The van der Waals surface area contributed by atoms with Gasteiger partial charge in [-0.3, -0.25) is 4.72 Å². The lowest BCUT2D eigenvalue weighted by molar-refractivity contribution is 0.301. The molecule has 1 heterocycles. The summed E-state index contributed by atoms with van der Waals surface area (Å²) in [5, 5.41) is 20.7. The molecule has 0 unspecified atom stereocenters. The number of anilines is 1. The summed E-state index contributed by atoms with van der Waals surface area (Å²) >= 11 is 12.1. The van der Waals surface area contributed by atoms with Crippen LogP contribution in [0.1, 0.15) is 36.2 Å². The molecule has 36 heavy (non-hydrogen) atoms. The highest BCUT2D eigenvalue weighted by molar-refractivity contribution is 7.91. The number of rotatable bonds is 10. The lowest BCUT2D eigenvalue weighted by Crippen LogP contribution is -2.20. The van der Waals surface area contributed by atoms with Crippen LogP contribution in [0.2, 0.25) is 5.02 Å². The Morgan fingerprint density at radius 3 is 2.50 bits per heavy atom. The van der Waals surface area contributed by atoms with Gasteiger partial charge in [0.15, 0.2) is 5.75 Å². The maximum absolute atomic E-state index is 11.4. The van der Waals surface area contributed by atoms with Crippen LogP contribution >= 0.6 is 23.2 Å². The van der Waals surface area contributed by atoms with Crippen LogP contribution in [0.5, 0.6) is 17.2 Å². The quantitative estimate of drug-likeness (QED) is 0.349. The summed E-state index contributed by atoms with van der Waals surface area (Å²) in [6.07, 6.45) is 2.45. The Labute approximate surface area is 219 Å². The minimum absolute atomic E-state index is 0.0371. The number of aromatic hydroxyl groups is 1. The molecule has 0 fully saturated rings. The van der Waals surface area contributed by atoms with Gasteiger partial charge in [0.05, 0.1) is 22.9 Å². The second kappa shape index (κ2) is 11.2. The molecule has 0 spiro atoms. The van der Waals surface area contributed by atoms with Crippen molar-refractivity contribution >= 4 is 39.2 Å². The maximum atomic E-state index is 11.4. The largest absolute Gasteiger partial charge is 0.506 e. The fraction of sp³-hybridized carbons (Fsp3) is 0.292. The molecule has 0 atom stereocenters. The number of aromatic nitrogens is 2. The SMILES string of the molecule is CC(C)(c1ccc(OCc2ccnc(NS(C)(=O)=O)n2)cc1)c1cc(Cl)c(OCCCl)c(C#N)c1O. The Balaban J connectivity index is 1.80. The monoisotopic (exact) mass is 550 g/mol. The van der Waals surface area contributed by atoms with Crippen LogP contribution in [0.15, 0.2) is 42.6 Å². The standard InChI is InChI=1S/C24H24Cl2N4O5S/c1-24(2,19-12-20(26)22(34-11-9-25)18(13-27)21(19)31)15-4-6-17(7-5-15)35-14-16-8-10-28-23(29-16)30-36(3,32)33/h4-8,10,12,31H,9,11,14H2,1-3H3,(H,28,29,30). The van der Waals surface area contributed by atoms with E-state index >= 15 is 0 Å². The summed E-state index contributed by atoms with van der Waals surface area (Å²) in [4.78, 5) is 7.99. The van der Waals surface area contributed by atoms with Gasteiger partial charge < -0.3 is 14.6 Å². The molecular weight excluding hydrogens is 527 g/mol. The van der Waals surface area contributed by atoms with Gasteiger partial charge in [0.1, 0.15) is 36.3 Å².